The maximum atomic E-state index is 11.7. The van der Waals surface area contributed by atoms with Crippen molar-refractivity contribution in [3.8, 4) is 0 Å². The Kier molecular flexibility index (Phi) is 4.24. The Bertz CT molecular complexity index is 653. The molecule has 6 nitrogen and oxygen atoms in total. The Morgan fingerprint density at radius 1 is 1.50 bits per heavy atom. The van der Waals surface area contributed by atoms with E-state index in [1.165, 1.54) is 6.33 Å². The van der Waals surface area contributed by atoms with Crippen LogP contribution in [0.15, 0.2) is 23.3 Å². The summed E-state index contributed by atoms with van der Waals surface area (Å²) in [5.41, 5.74) is 8.01. The predicted octanol–water partition coefficient (Wildman–Crippen LogP) is 1.37. The van der Waals surface area contributed by atoms with E-state index in [2.05, 4.69) is 28.7 Å². The van der Waals surface area contributed by atoms with E-state index in [9.17, 15) is 4.79 Å². The van der Waals surface area contributed by atoms with Crippen LogP contribution in [-0.2, 0) is 4.74 Å². The molecule has 1 atom stereocenters. The highest BCUT2D eigenvalue weighted by Gasteiger charge is 2.16. The van der Waals surface area contributed by atoms with Crippen LogP contribution in [0.2, 0.25) is 0 Å². The van der Waals surface area contributed by atoms with Crippen molar-refractivity contribution in [2.45, 2.75) is 19.9 Å². The number of rotatable bonds is 5. The highest BCUT2D eigenvalue weighted by molar-refractivity contribution is 5.88. The standard InChI is InChI=1S/C14H20N4O2/c1-4-18(9(2)7-20-3)13-6-12-10(5-11(13)15)14(19)17-8-16-12/h5-6,8-9H,4,7,15H2,1-3H3,(H,16,17,19). The van der Waals surface area contributed by atoms with E-state index in [0.29, 0.717) is 23.2 Å². The molecule has 0 aliphatic heterocycles. The number of benzene rings is 1. The van der Waals surface area contributed by atoms with Crippen LogP contribution in [-0.4, -0.2) is 36.3 Å². The average Bonchev–Trinajstić information content (AvgIpc) is 2.42. The number of nitrogens with two attached hydrogens (primary N) is 1. The van der Waals surface area contributed by atoms with Gasteiger partial charge in [0.15, 0.2) is 0 Å². The van der Waals surface area contributed by atoms with Gasteiger partial charge >= 0.3 is 0 Å². The van der Waals surface area contributed by atoms with Gasteiger partial charge in [0.1, 0.15) is 0 Å². The molecule has 2 aromatic rings. The number of nitrogens with zero attached hydrogens (tertiary/aromatic N) is 2. The lowest BCUT2D eigenvalue weighted by Gasteiger charge is -2.30. The summed E-state index contributed by atoms with van der Waals surface area (Å²) in [5.74, 6) is 0. The quantitative estimate of drug-likeness (QED) is 0.806. The van der Waals surface area contributed by atoms with Gasteiger partial charge in [-0.15, -0.1) is 0 Å². The minimum absolute atomic E-state index is 0.179. The summed E-state index contributed by atoms with van der Waals surface area (Å²) in [6.45, 7) is 5.53. The van der Waals surface area contributed by atoms with Crippen molar-refractivity contribution < 1.29 is 4.74 Å². The molecule has 3 N–H and O–H groups in total. The molecule has 0 aliphatic carbocycles. The van der Waals surface area contributed by atoms with E-state index >= 15 is 0 Å². The molecule has 2 rings (SSSR count). The Morgan fingerprint density at radius 3 is 2.90 bits per heavy atom. The first-order valence-corrected chi connectivity index (χ1v) is 6.61. The van der Waals surface area contributed by atoms with E-state index in [1.54, 1.807) is 13.2 Å². The first-order valence-electron chi connectivity index (χ1n) is 6.61. The highest BCUT2D eigenvalue weighted by Crippen LogP contribution is 2.28. The zero-order valence-electron chi connectivity index (χ0n) is 12.0. The van der Waals surface area contributed by atoms with Crippen molar-refractivity contribution in [3.63, 3.8) is 0 Å². The molecule has 0 radical (unpaired) electrons. The molecule has 1 heterocycles. The topological polar surface area (TPSA) is 84.2 Å². The molecule has 108 valence electrons. The molecule has 0 fully saturated rings. The van der Waals surface area contributed by atoms with Crippen molar-refractivity contribution in [2.75, 3.05) is 30.9 Å². The molecule has 20 heavy (non-hydrogen) atoms. The Balaban J connectivity index is 2.53. The number of methoxy groups -OCH3 is 1. The number of likely N-dealkylation sites (N-methyl/N-ethyl adjacent to an activating group) is 1. The third kappa shape index (κ3) is 2.60. The molecule has 0 bridgehead atoms. The van der Waals surface area contributed by atoms with Crippen molar-refractivity contribution in [2.24, 2.45) is 0 Å². The minimum atomic E-state index is -0.179. The second-order valence-electron chi connectivity index (χ2n) is 4.75. The largest absolute Gasteiger partial charge is 0.397 e. The van der Waals surface area contributed by atoms with Crippen molar-refractivity contribution in [3.05, 3.63) is 28.8 Å². The molecule has 0 amide bonds. The van der Waals surface area contributed by atoms with Crippen LogP contribution >= 0.6 is 0 Å². The summed E-state index contributed by atoms with van der Waals surface area (Å²) in [7, 11) is 1.68. The Hall–Kier alpha value is -2.08. The maximum Gasteiger partial charge on any atom is 0.258 e. The molecule has 0 spiro atoms. The van der Waals surface area contributed by atoms with E-state index < -0.39 is 0 Å². The number of nitrogen functional groups attached to an aromatic ring is 1. The number of H-pyrrole nitrogens is 1. The molecule has 6 heteroatoms. The molecule has 1 aromatic carbocycles. The van der Waals surface area contributed by atoms with Gasteiger partial charge in [0, 0.05) is 19.7 Å². The second-order valence-corrected chi connectivity index (χ2v) is 4.75. The zero-order chi connectivity index (χ0) is 14.7. The number of nitrogens with one attached hydrogen (secondary N) is 1. The smallest absolute Gasteiger partial charge is 0.258 e. The average molecular weight is 276 g/mol. The fourth-order valence-corrected chi connectivity index (χ4v) is 2.42. The lowest BCUT2D eigenvalue weighted by molar-refractivity contribution is 0.182. The maximum absolute atomic E-state index is 11.7. The molecule has 1 aromatic heterocycles. The highest BCUT2D eigenvalue weighted by atomic mass is 16.5. The number of hydrogen-bond acceptors (Lipinski definition) is 5. The SMILES string of the molecule is CCN(c1cc2nc[nH]c(=O)c2cc1N)C(C)COC. The van der Waals surface area contributed by atoms with Gasteiger partial charge in [-0.1, -0.05) is 0 Å². The molecule has 1 unspecified atom stereocenters. The summed E-state index contributed by atoms with van der Waals surface area (Å²) in [4.78, 5) is 20.6. The van der Waals surface area contributed by atoms with Crippen LogP contribution in [0.5, 0.6) is 0 Å². The van der Waals surface area contributed by atoms with Gasteiger partial charge in [0.2, 0.25) is 0 Å². The molecular weight excluding hydrogens is 256 g/mol. The fraction of sp³-hybridized carbons (Fsp3) is 0.429. The zero-order valence-corrected chi connectivity index (χ0v) is 12.0. The minimum Gasteiger partial charge on any atom is -0.397 e. The monoisotopic (exact) mass is 276 g/mol. The Morgan fingerprint density at radius 2 is 2.25 bits per heavy atom. The van der Waals surface area contributed by atoms with Gasteiger partial charge in [-0.3, -0.25) is 4.79 Å². The number of fused-ring (bicyclic) bond motifs is 1. The van der Waals surface area contributed by atoms with Gasteiger partial charge in [-0.05, 0) is 26.0 Å². The van der Waals surface area contributed by atoms with Crippen LogP contribution in [0.4, 0.5) is 11.4 Å². The summed E-state index contributed by atoms with van der Waals surface area (Å²) >= 11 is 0. The lowest BCUT2D eigenvalue weighted by Crippen LogP contribution is -2.36. The van der Waals surface area contributed by atoms with Crippen LogP contribution < -0.4 is 16.2 Å². The summed E-state index contributed by atoms with van der Waals surface area (Å²) in [5, 5.41) is 0.504. The van der Waals surface area contributed by atoms with Gasteiger partial charge < -0.3 is 20.4 Å². The van der Waals surface area contributed by atoms with Gasteiger partial charge in [0.05, 0.1) is 35.2 Å². The Labute approximate surface area is 117 Å². The van der Waals surface area contributed by atoms with Gasteiger partial charge in [0.25, 0.3) is 5.56 Å². The van der Waals surface area contributed by atoms with Crippen molar-refractivity contribution in [1.29, 1.82) is 0 Å². The summed E-state index contributed by atoms with van der Waals surface area (Å²) in [6, 6.07) is 3.72. The molecule has 0 saturated heterocycles. The van der Waals surface area contributed by atoms with Gasteiger partial charge in [-0.25, -0.2) is 4.98 Å². The molecule has 0 aliphatic rings. The predicted molar refractivity (Wildman–Crippen MR) is 81.1 cm³/mol. The normalized spacial score (nSPS) is 12.6. The summed E-state index contributed by atoms with van der Waals surface area (Å²) < 4.78 is 5.20. The molecular formula is C14H20N4O2. The number of anilines is 2. The number of aromatic nitrogens is 2. The van der Waals surface area contributed by atoms with Crippen LogP contribution in [0.25, 0.3) is 10.9 Å². The van der Waals surface area contributed by atoms with Crippen LogP contribution in [0.1, 0.15) is 13.8 Å². The lowest BCUT2D eigenvalue weighted by atomic mass is 10.1. The molecule has 0 saturated carbocycles. The van der Waals surface area contributed by atoms with E-state index in [0.717, 1.165) is 12.2 Å². The van der Waals surface area contributed by atoms with Crippen molar-refractivity contribution in [1.82, 2.24) is 9.97 Å². The van der Waals surface area contributed by atoms with E-state index in [4.69, 9.17) is 10.5 Å². The number of aromatic amines is 1. The van der Waals surface area contributed by atoms with E-state index in [-0.39, 0.29) is 11.6 Å². The first-order chi connectivity index (χ1) is 9.58. The third-order valence-corrected chi connectivity index (χ3v) is 3.38. The van der Waals surface area contributed by atoms with E-state index in [1.807, 2.05) is 6.07 Å². The second kappa shape index (κ2) is 5.92. The first kappa shape index (κ1) is 14.3. The van der Waals surface area contributed by atoms with Crippen molar-refractivity contribution >= 4 is 22.3 Å². The number of ether oxygens (including phenoxy) is 1. The van der Waals surface area contributed by atoms with Gasteiger partial charge in [-0.2, -0.15) is 0 Å². The summed E-state index contributed by atoms with van der Waals surface area (Å²) in [6.07, 6.45) is 1.40. The third-order valence-electron chi connectivity index (χ3n) is 3.38. The number of hydrogen-bond donors (Lipinski definition) is 2. The fourth-order valence-electron chi connectivity index (χ4n) is 2.42. The van der Waals surface area contributed by atoms with Crippen LogP contribution in [0, 0.1) is 0 Å². The van der Waals surface area contributed by atoms with Crippen LogP contribution in [0.3, 0.4) is 0 Å².